The largest absolute Gasteiger partial charge is 0.441 e. The van der Waals surface area contributed by atoms with Crippen molar-refractivity contribution in [3.8, 4) is 0 Å². The van der Waals surface area contributed by atoms with Crippen LogP contribution < -0.4 is 36.4 Å². The third kappa shape index (κ3) is 8.40. The Bertz CT molecular complexity index is 2310. The van der Waals surface area contributed by atoms with E-state index in [2.05, 4.69) is 50.8 Å². The Morgan fingerprint density at radius 1 is 0.918 bits per heavy atom. The Morgan fingerprint density at radius 2 is 1.70 bits per heavy atom. The second-order valence-corrected chi connectivity index (χ2v) is 16.6. The average molecular weight is 839 g/mol. The third-order valence-corrected chi connectivity index (χ3v) is 12.7. The van der Waals surface area contributed by atoms with Gasteiger partial charge < -0.3 is 45.3 Å². The molecule has 20 heteroatoms. The van der Waals surface area contributed by atoms with E-state index in [1.54, 1.807) is 24.1 Å². The number of carbonyl (C=O) groups is 4. The zero-order valence-electron chi connectivity index (χ0n) is 34.2. The molecule has 1 unspecified atom stereocenters. The van der Waals surface area contributed by atoms with Crippen LogP contribution in [0.15, 0.2) is 41.1 Å². The van der Waals surface area contributed by atoms with Crippen molar-refractivity contribution < 1.29 is 28.0 Å². The maximum atomic E-state index is 15.8. The predicted molar refractivity (Wildman–Crippen MR) is 225 cm³/mol. The highest BCUT2D eigenvalue weighted by Gasteiger charge is 2.35. The quantitative estimate of drug-likeness (QED) is 0.160. The molecule has 5 aliphatic heterocycles. The first-order valence-electron chi connectivity index (χ1n) is 21.1. The summed E-state index contributed by atoms with van der Waals surface area (Å²) in [6, 6.07) is 8.33. The topological polar surface area (TPSA) is 215 Å². The molecule has 5 fully saturated rings. The van der Waals surface area contributed by atoms with Gasteiger partial charge in [0.2, 0.25) is 17.8 Å². The zero-order chi connectivity index (χ0) is 42.2. The zero-order valence-corrected chi connectivity index (χ0v) is 34.2. The van der Waals surface area contributed by atoms with Crippen LogP contribution in [0.25, 0.3) is 11.1 Å². The van der Waals surface area contributed by atoms with Crippen molar-refractivity contribution in [2.45, 2.75) is 50.6 Å². The number of amides is 5. The normalized spacial score (nSPS) is 22.0. The minimum absolute atomic E-state index is 0.00684. The Morgan fingerprint density at radius 3 is 2.44 bits per heavy atom. The summed E-state index contributed by atoms with van der Waals surface area (Å²) in [4.78, 5) is 70.5. The molecule has 5 aliphatic rings. The van der Waals surface area contributed by atoms with Gasteiger partial charge in [0, 0.05) is 91.1 Å². The number of urea groups is 1. The number of piperazine rings is 1. The van der Waals surface area contributed by atoms with E-state index in [0.29, 0.717) is 80.2 Å². The number of anilines is 6. The standard InChI is InChI=1S/C41H51FN14O5/c1-51-15-20-56(41(51)60)27-3-2-12-55(23-27)40-48-38(35(37(43)58)49-50-40)45-26-4-7-31(28(42)21-26)54-18-16-52(17-19-54)22-25-10-13-53(14-11-25)32-8-5-29(36-34(32)44-24-61-36)46-30-6-9-33(57)47-39(30)59/h4-5,7-8,21,24-25,27,30,46H,2-3,6,9-20,22-23H2,1H3,(H2,43,58)(H,45,48,50)(H,47,57,59)/t27-,30?/m1/s1. The van der Waals surface area contributed by atoms with Gasteiger partial charge in [-0.1, -0.05) is 0 Å². The summed E-state index contributed by atoms with van der Waals surface area (Å²) in [6.07, 6.45) is 5.89. The number of nitrogens with two attached hydrogens (primary N) is 1. The highest BCUT2D eigenvalue weighted by atomic mass is 19.1. The van der Waals surface area contributed by atoms with Gasteiger partial charge in [-0.3, -0.25) is 24.6 Å². The molecule has 4 aromatic rings. The number of primary amides is 1. The van der Waals surface area contributed by atoms with Crippen LogP contribution in [0, 0.1) is 11.7 Å². The first kappa shape index (κ1) is 40.1. The van der Waals surface area contributed by atoms with Gasteiger partial charge >= 0.3 is 6.03 Å². The van der Waals surface area contributed by atoms with E-state index in [1.807, 2.05) is 21.9 Å². The van der Waals surface area contributed by atoms with Crippen LogP contribution in [-0.4, -0.2) is 150 Å². The maximum absolute atomic E-state index is 15.8. The Kier molecular flexibility index (Phi) is 11.2. The number of rotatable bonds is 11. The second kappa shape index (κ2) is 17.0. The second-order valence-electron chi connectivity index (χ2n) is 16.6. The minimum Gasteiger partial charge on any atom is -0.441 e. The highest BCUT2D eigenvalue weighted by molar-refractivity contribution is 6.03. The fraction of sp³-hybridized carbons (Fsp3) is 0.512. The van der Waals surface area contributed by atoms with E-state index in [-0.39, 0.29) is 41.8 Å². The van der Waals surface area contributed by atoms with Gasteiger partial charge in [0.05, 0.1) is 23.1 Å². The van der Waals surface area contributed by atoms with E-state index in [4.69, 9.17) is 10.2 Å². The molecule has 2 atom stereocenters. The summed E-state index contributed by atoms with van der Waals surface area (Å²) in [5.41, 5.74) is 9.39. The number of piperidine rings is 3. The van der Waals surface area contributed by atoms with Crippen LogP contribution in [0.1, 0.15) is 49.0 Å². The van der Waals surface area contributed by atoms with Crippen molar-refractivity contribution in [2.24, 2.45) is 11.7 Å². The first-order valence-corrected chi connectivity index (χ1v) is 21.1. The van der Waals surface area contributed by atoms with Gasteiger partial charge in [0.25, 0.3) is 5.91 Å². The molecule has 19 nitrogen and oxygen atoms in total. The molecule has 5 amide bonds. The SMILES string of the molecule is CN1CCN([C@@H]2CCCN(c3nnc(C(N)=O)c(Nc4ccc(N5CCN(CC6CCN(c7ccc(NC8CCC(=O)NC8=O)c8ocnc78)CC6)CC5)c(F)c4)n3)C2)C1=O. The lowest BCUT2D eigenvalue weighted by molar-refractivity contribution is -0.133. The molecule has 5 saturated heterocycles. The number of carbonyl (C=O) groups excluding carboxylic acids is 4. The van der Waals surface area contributed by atoms with E-state index < -0.39 is 17.8 Å². The number of nitrogens with one attached hydrogen (secondary N) is 3. The number of likely N-dealkylation sites (N-methyl/N-ethyl adjacent to an activating group) is 1. The molecule has 0 aliphatic carbocycles. The molecule has 5 N–H and O–H groups in total. The molecule has 0 saturated carbocycles. The molecule has 0 spiro atoms. The van der Waals surface area contributed by atoms with E-state index >= 15 is 4.39 Å². The number of hydrogen-bond donors (Lipinski definition) is 4. The summed E-state index contributed by atoms with van der Waals surface area (Å²) in [5, 5.41) is 17.0. The van der Waals surface area contributed by atoms with Crippen LogP contribution in [0.3, 0.4) is 0 Å². The third-order valence-electron chi connectivity index (χ3n) is 12.7. The monoisotopic (exact) mass is 838 g/mol. The number of fused-ring (bicyclic) bond motifs is 1. The number of nitrogens with zero attached hydrogens (tertiary/aromatic N) is 10. The summed E-state index contributed by atoms with van der Waals surface area (Å²) in [5.74, 6) is -0.875. The maximum Gasteiger partial charge on any atom is 0.320 e. The number of oxazole rings is 1. The smallest absolute Gasteiger partial charge is 0.320 e. The fourth-order valence-electron chi connectivity index (χ4n) is 9.30. The molecule has 2 aromatic carbocycles. The summed E-state index contributed by atoms with van der Waals surface area (Å²) >= 11 is 0. The minimum atomic E-state index is -0.808. The van der Waals surface area contributed by atoms with Crippen molar-refractivity contribution in [3.63, 3.8) is 0 Å². The molecule has 7 heterocycles. The molecule has 0 radical (unpaired) electrons. The predicted octanol–water partition coefficient (Wildman–Crippen LogP) is 2.59. The van der Waals surface area contributed by atoms with Gasteiger partial charge in [-0.25, -0.2) is 14.2 Å². The van der Waals surface area contributed by atoms with Crippen LogP contribution in [-0.2, 0) is 9.59 Å². The lowest BCUT2D eigenvalue weighted by atomic mass is 9.95. The van der Waals surface area contributed by atoms with Crippen molar-refractivity contribution in [1.82, 2.24) is 40.2 Å². The van der Waals surface area contributed by atoms with Crippen molar-refractivity contribution in [3.05, 3.63) is 48.2 Å². The number of imide groups is 1. The Labute approximate surface area is 351 Å². The lowest BCUT2D eigenvalue weighted by Gasteiger charge is -2.40. The van der Waals surface area contributed by atoms with Crippen LogP contribution in [0.5, 0.6) is 0 Å². The molecular formula is C41H51FN14O5. The molecular weight excluding hydrogens is 788 g/mol. The van der Waals surface area contributed by atoms with E-state index in [1.165, 1.54) is 12.5 Å². The molecule has 2 aromatic heterocycles. The summed E-state index contributed by atoms with van der Waals surface area (Å²) in [7, 11) is 1.80. The van der Waals surface area contributed by atoms with Gasteiger partial charge in [-0.2, -0.15) is 4.98 Å². The van der Waals surface area contributed by atoms with Crippen LogP contribution in [0.4, 0.5) is 43.7 Å². The summed E-state index contributed by atoms with van der Waals surface area (Å²) in [6.45, 7) is 8.30. The number of benzene rings is 2. The van der Waals surface area contributed by atoms with Crippen LogP contribution in [0.2, 0.25) is 0 Å². The van der Waals surface area contributed by atoms with Gasteiger partial charge in [-0.15, -0.1) is 10.2 Å². The Balaban J connectivity index is 0.772. The number of hydrogen-bond acceptors (Lipinski definition) is 15. The van der Waals surface area contributed by atoms with Crippen molar-refractivity contribution in [2.75, 3.05) is 104 Å². The van der Waals surface area contributed by atoms with Gasteiger partial charge in [-0.05, 0) is 68.4 Å². The van der Waals surface area contributed by atoms with E-state index in [0.717, 1.165) is 69.6 Å². The van der Waals surface area contributed by atoms with Gasteiger partial charge in [0.1, 0.15) is 17.4 Å². The van der Waals surface area contributed by atoms with E-state index in [9.17, 15) is 19.2 Å². The van der Waals surface area contributed by atoms with Gasteiger partial charge in [0.15, 0.2) is 23.5 Å². The van der Waals surface area contributed by atoms with Crippen LogP contribution >= 0.6 is 0 Å². The molecule has 61 heavy (non-hydrogen) atoms. The highest BCUT2D eigenvalue weighted by Crippen LogP contribution is 2.35. The average Bonchev–Trinajstić information content (AvgIpc) is 3.89. The molecule has 9 rings (SSSR count). The summed E-state index contributed by atoms with van der Waals surface area (Å²) < 4.78 is 21.5. The number of halogens is 1. The lowest BCUT2D eigenvalue weighted by Crippen LogP contribution is -2.49. The van der Waals surface area contributed by atoms with Crippen molar-refractivity contribution >= 4 is 69.4 Å². The first-order chi connectivity index (χ1) is 29.6. The Hall–Kier alpha value is -6.31. The molecule has 0 bridgehead atoms. The fourth-order valence-corrected chi connectivity index (χ4v) is 9.30. The number of aromatic nitrogens is 4. The molecule has 322 valence electrons. The van der Waals surface area contributed by atoms with Crippen molar-refractivity contribution in [1.29, 1.82) is 0 Å².